The number of nitrogens with one attached hydrogen (secondary N) is 2. The molecule has 3 heterocycles. The van der Waals surface area contributed by atoms with Crippen LogP contribution < -0.4 is 10.6 Å². The lowest BCUT2D eigenvalue weighted by molar-refractivity contribution is -0.127. The number of urea groups is 1. The summed E-state index contributed by atoms with van der Waals surface area (Å²) in [7, 11) is 0. The van der Waals surface area contributed by atoms with Crippen molar-refractivity contribution in [3.8, 4) is 0 Å². The first-order valence-electron chi connectivity index (χ1n) is 10.6. The second-order valence-corrected chi connectivity index (χ2v) is 7.75. The number of carbonyl (C=O) groups excluding carboxylic acids is 3. The molecule has 2 unspecified atom stereocenters. The predicted octanol–water partition coefficient (Wildman–Crippen LogP) is 2.07. The maximum Gasteiger partial charge on any atom is 0.321 e. The van der Waals surface area contributed by atoms with Crippen LogP contribution in [0.2, 0.25) is 0 Å². The highest BCUT2D eigenvalue weighted by molar-refractivity contribution is 5.97. The Labute approximate surface area is 184 Å². The summed E-state index contributed by atoms with van der Waals surface area (Å²) in [5.74, 6) is -1.05. The fourth-order valence-electron chi connectivity index (χ4n) is 3.85. The molecular formula is C22H25FN4O5. The number of anilines is 1. The van der Waals surface area contributed by atoms with Crippen LogP contribution in [0.25, 0.3) is 0 Å². The van der Waals surface area contributed by atoms with Crippen molar-refractivity contribution in [1.82, 2.24) is 15.1 Å². The van der Waals surface area contributed by atoms with Crippen LogP contribution in [-0.4, -0.2) is 72.6 Å². The third-order valence-corrected chi connectivity index (χ3v) is 5.59. The van der Waals surface area contributed by atoms with E-state index >= 15 is 0 Å². The summed E-state index contributed by atoms with van der Waals surface area (Å²) in [5, 5.41) is 5.54. The normalized spacial score (nSPS) is 20.8. The summed E-state index contributed by atoms with van der Waals surface area (Å²) in [6.45, 7) is 1.42. The fraction of sp³-hybridized carbons (Fsp3) is 0.409. The van der Waals surface area contributed by atoms with E-state index in [4.69, 9.17) is 9.15 Å². The van der Waals surface area contributed by atoms with Crippen LogP contribution >= 0.6 is 0 Å². The van der Waals surface area contributed by atoms with Crippen molar-refractivity contribution in [1.29, 1.82) is 0 Å². The first-order valence-corrected chi connectivity index (χ1v) is 10.6. The van der Waals surface area contributed by atoms with Crippen LogP contribution in [0.15, 0.2) is 47.1 Å². The lowest BCUT2D eigenvalue weighted by Gasteiger charge is -2.40. The Balaban J connectivity index is 1.45. The van der Waals surface area contributed by atoms with Gasteiger partial charge in [-0.2, -0.15) is 0 Å². The molecule has 10 heteroatoms. The Morgan fingerprint density at radius 3 is 2.62 bits per heavy atom. The van der Waals surface area contributed by atoms with Crippen molar-refractivity contribution in [2.75, 3.05) is 38.1 Å². The van der Waals surface area contributed by atoms with Gasteiger partial charge in [0.25, 0.3) is 5.91 Å². The van der Waals surface area contributed by atoms with Crippen molar-refractivity contribution < 1.29 is 27.9 Å². The third-order valence-electron chi connectivity index (χ3n) is 5.59. The number of hydrogen-bond donors (Lipinski definition) is 2. The third kappa shape index (κ3) is 5.08. The Bertz CT molecular complexity index is 944. The molecule has 1 aromatic carbocycles. The number of halogens is 1. The molecular weight excluding hydrogens is 419 g/mol. The van der Waals surface area contributed by atoms with Gasteiger partial charge in [0.1, 0.15) is 11.9 Å². The van der Waals surface area contributed by atoms with Crippen molar-refractivity contribution in [3.05, 3.63) is 54.2 Å². The summed E-state index contributed by atoms with van der Waals surface area (Å²) in [6.07, 6.45) is 3.16. The minimum absolute atomic E-state index is 0.0107. The van der Waals surface area contributed by atoms with Crippen LogP contribution in [0.4, 0.5) is 14.9 Å². The number of furan rings is 1. The molecule has 0 aliphatic carbocycles. The largest absolute Gasteiger partial charge is 0.459 e. The minimum Gasteiger partial charge on any atom is -0.459 e. The molecule has 2 fully saturated rings. The summed E-state index contributed by atoms with van der Waals surface area (Å²) in [5.41, 5.74) is 0.435. The van der Waals surface area contributed by atoms with Gasteiger partial charge >= 0.3 is 6.03 Å². The average molecular weight is 444 g/mol. The zero-order chi connectivity index (χ0) is 22.5. The van der Waals surface area contributed by atoms with Gasteiger partial charge in [0.05, 0.1) is 18.9 Å². The molecule has 4 rings (SSSR count). The van der Waals surface area contributed by atoms with Gasteiger partial charge in [-0.05, 0) is 49.2 Å². The van der Waals surface area contributed by atoms with Crippen LogP contribution in [-0.2, 0) is 9.53 Å². The average Bonchev–Trinajstić information content (AvgIpc) is 3.52. The Kier molecular flexibility index (Phi) is 6.69. The van der Waals surface area contributed by atoms with Crippen molar-refractivity contribution in [2.45, 2.75) is 25.0 Å². The molecule has 4 amide bonds. The zero-order valence-electron chi connectivity index (χ0n) is 17.5. The zero-order valence-corrected chi connectivity index (χ0v) is 17.5. The number of piperazine rings is 1. The molecule has 2 atom stereocenters. The molecule has 2 N–H and O–H groups in total. The molecule has 0 saturated carbocycles. The first-order chi connectivity index (χ1) is 15.5. The second-order valence-electron chi connectivity index (χ2n) is 7.75. The standard InChI is InChI=1S/C22H25FN4O5/c23-15-5-7-16(8-6-15)25-22(30)26-9-10-27(21(29)19-4-2-12-32-19)18(14-26)20(28)24-13-17-3-1-11-31-17/h2,4-8,12,17-18H,1,3,9-11,13-14H2,(H,24,28)(H,25,30). The Morgan fingerprint density at radius 1 is 1.12 bits per heavy atom. The van der Waals surface area contributed by atoms with E-state index in [9.17, 15) is 18.8 Å². The second kappa shape index (κ2) is 9.82. The van der Waals surface area contributed by atoms with E-state index in [0.717, 1.165) is 12.8 Å². The molecule has 2 aliphatic heterocycles. The number of amides is 4. The number of ether oxygens (including phenoxy) is 1. The lowest BCUT2D eigenvalue weighted by atomic mass is 10.1. The van der Waals surface area contributed by atoms with Crippen molar-refractivity contribution in [3.63, 3.8) is 0 Å². The Hall–Kier alpha value is -3.40. The van der Waals surface area contributed by atoms with Crippen LogP contribution in [0.5, 0.6) is 0 Å². The van der Waals surface area contributed by atoms with Gasteiger partial charge in [-0.25, -0.2) is 9.18 Å². The van der Waals surface area contributed by atoms with Crippen LogP contribution in [0.3, 0.4) is 0 Å². The first kappa shape index (κ1) is 21.8. The van der Waals surface area contributed by atoms with Gasteiger partial charge in [-0.1, -0.05) is 0 Å². The SMILES string of the molecule is O=C(NCC1CCCO1)C1CN(C(=O)Nc2ccc(F)cc2)CCN1C(=O)c1ccco1. The quantitative estimate of drug-likeness (QED) is 0.735. The molecule has 1 aromatic heterocycles. The van der Waals surface area contributed by atoms with E-state index in [0.29, 0.717) is 18.8 Å². The fourth-order valence-corrected chi connectivity index (χ4v) is 3.85. The highest BCUT2D eigenvalue weighted by Gasteiger charge is 2.38. The maximum absolute atomic E-state index is 13.1. The van der Waals surface area contributed by atoms with Gasteiger partial charge in [0.2, 0.25) is 5.91 Å². The molecule has 2 aromatic rings. The summed E-state index contributed by atoms with van der Waals surface area (Å²) >= 11 is 0. The van der Waals surface area contributed by atoms with E-state index < -0.39 is 23.8 Å². The van der Waals surface area contributed by atoms with E-state index in [-0.39, 0.29) is 37.4 Å². The number of nitrogens with zero attached hydrogens (tertiary/aromatic N) is 2. The maximum atomic E-state index is 13.1. The van der Waals surface area contributed by atoms with Gasteiger partial charge < -0.3 is 29.6 Å². The highest BCUT2D eigenvalue weighted by atomic mass is 19.1. The number of carbonyl (C=O) groups is 3. The smallest absolute Gasteiger partial charge is 0.321 e. The van der Waals surface area contributed by atoms with Gasteiger partial charge in [0.15, 0.2) is 5.76 Å². The molecule has 2 aliphatic rings. The minimum atomic E-state index is -0.887. The molecule has 0 bridgehead atoms. The van der Waals surface area contributed by atoms with Crippen molar-refractivity contribution in [2.24, 2.45) is 0 Å². The molecule has 32 heavy (non-hydrogen) atoms. The van der Waals surface area contributed by atoms with E-state index in [1.807, 2.05) is 0 Å². The number of rotatable bonds is 5. The van der Waals surface area contributed by atoms with Gasteiger partial charge in [-0.3, -0.25) is 9.59 Å². The van der Waals surface area contributed by atoms with E-state index in [1.54, 1.807) is 6.07 Å². The van der Waals surface area contributed by atoms with Gasteiger partial charge in [0, 0.05) is 31.9 Å². The number of benzene rings is 1. The van der Waals surface area contributed by atoms with Crippen LogP contribution in [0, 0.1) is 5.82 Å². The topological polar surface area (TPSA) is 104 Å². The molecule has 0 radical (unpaired) electrons. The molecule has 2 saturated heterocycles. The van der Waals surface area contributed by atoms with Crippen LogP contribution in [0.1, 0.15) is 23.4 Å². The summed E-state index contributed by atoms with van der Waals surface area (Å²) in [4.78, 5) is 41.5. The summed E-state index contributed by atoms with van der Waals surface area (Å²) < 4.78 is 23.9. The number of hydrogen-bond acceptors (Lipinski definition) is 5. The lowest BCUT2D eigenvalue weighted by Crippen LogP contribution is -2.62. The molecule has 0 spiro atoms. The van der Waals surface area contributed by atoms with E-state index in [2.05, 4.69) is 10.6 Å². The highest BCUT2D eigenvalue weighted by Crippen LogP contribution is 2.18. The monoisotopic (exact) mass is 444 g/mol. The Morgan fingerprint density at radius 2 is 1.94 bits per heavy atom. The molecule has 170 valence electrons. The van der Waals surface area contributed by atoms with Crippen molar-refractivity contribution >= 4 is 23.5 Å². The van der Waals surface area contributed by atoms with Gasteiger partial charge in [-0.15, -0.1) is 0 Å². The molecule has 9 nitrogen and oxygen atoms in total. The predicted molar refractivity (Wildman–Crippen MR) is 113 cm³/mol. The van der Waals surface area contributed by atoms with E-state index in [1.165, 1.54) is 46.4 Å². The summed E-state index contributed by atoms with van der Waals surface area (Å²) in [6, 6.07) is 7.23.